The lowest BCUT2D eigenvalue weighted by molar-refractivity contribution is -0.128. The van der Waals surface area contributed by atoms with E-state index in [0.29, 0.717) is 5.75 Å². The Morgan fingerprint density at radius 2 is 1.55 bits per heavy atom. The van der Waals surface area contributed by atoms with Gasteiger partial charge >= 0.3 is 5.97 Å². The van der Waals surface area contributed by atoms with Crippen LogP contribution in [0.3, 0.4) is 0 Å². The van der Waals surface area contributed by atoms with Gasteiger partial charge in [-0.1, -0.05) is 68.9 Å². The van der Waals surface area contributed by atoms with Crippen molar-refractivity contribution >= 4 is 16.7 Å². The minimum Gasteiger partial charge on any atom is -0.494 e. The average molecular weight is 386 g/mol. The Bertz CT molecular complexity index is 997. The molecule has 0 aliphatic carbocycles. The molecule has 0 aliphatic rings. The molecule has 0 saturated carbocycles. The van der Waals surface area contributed by atoms with Crippen molar-refractivity contribution in [1.82, 2.24) is 0 Å². The lowest BCUT2D eigenvalue weighted by atomic mass is 10.1. The highest BCUT2D eigenvalue weighted by Gasteiger charge is 2.04. The second-order valence-electron chi connectivity index (χ2n) is 6.94. The summed E-state index contributed by atoms with van der Waals surface area (Å²) in [7, 11) is 0. The lowest BCUT2D eigenvalue weighted by Crippen LogP contribution is -2.04. The number of rotatable bonds is 8. The molecule has 0 aromatic heterocycles. The van der Waals surface area contributed by atoms with Crippen molar-refractivity contribution in [1.29, 1.82) is 0 Å². The van der Waals surface area contributed by atoms with Gasteiger partial charge in [0.25, 0.3) is 0 Å². The van der Waals surface area contributed by atoms with E-state index in [1.165, 1.54) is 25.7 Å². The van der Waals surface area contributed by atoms with Gasteiger partial charge in [0.2, 0.25) is 0 Å². The molecule has 0 unspecified atom stereocenters. The van der Waals surface area contributed by atoms with E-state index in [9.17, 15) is 4.79 Å². The first-order chi connectivity index (χ1) is 14.2. The molecule has 3 nitrogen and oxygen atoms in total. The fourth-order valence-corrected chi connectivity index (χ4v) is 3.03. The zero-order valence-corrected chi connectivity index (χ0v) is 16.8. The van der Waals surface area contributed by atoms with Crippen LogP contribution in [-0.4, -0.2) is 12.6 Å². The summed E-state index contributed by atoms with van der Waals surface area (Å²) in [4.78, 5) is 12.0. The normalized spacial score (nSPS) is 10.2. The zero-order valence-electron chi connectivity index (χ0n) is 16.8. The molecule has 0 spiro atoms. The van der Waals surface area contributed by atoms with E-state index in [1.54, 1.807) is 6.07 Å². The molecule has 29 heavy (non-hydrogen) atoms. The van der Waals surface area contributed by atoms with Crippen LogP contribution in [0.4, 0.5) is 0 Å². The zero-order chi connectivity index (χ0) is 20.3. The topological polar surface area (TPSA) is 35.5 Å². The number of hydrogen-bond acceptors (Lipinski definition) is 3. The number of carbonyl (C=O) groups is 1. The van der Waals surface area contributed by atoms with Gasteiger partial charge in [-0.25, -0.2) is 4.79 Å². The Kier molecular flexibility index (Phi) is 7.72. The van der Waals surface area contributed by atoms with E-state index in [1.807, 2.05) is 60.7 Å². The molecule has 0 radical (unpaired) electrons. The second kappa shape index (κ2) is 10.9. The van der Waals surface area contributed by atoms with Gasteiger partial charge in [0.15, 0.2) is 0 Å². The number of fused-ring (bicyclic) bond motifs is 1. The molecular formula is C26H26O3. The summed E-state index contributed by atoms with van der Waals surface area (Å²) in [6.45, 7) is 2.94. The van der Waals surface area contributed by atoms with Gasteiger partial charge in [0.05, 0.1) is 6.61 Å². The predicted molar refractivity (Wildman–Crippen MR) is 117 cm³/mol. The molecular weight excluding hydrogens is 360 g/mol. The van der Waals surface area contributed by atoms with Crippen LogP contribution in [-0.2, 0) is 4.79 Å². The Morgan fingerprint density at radius 1 is 0.828 bits per heavy atom. The maximum atomic E-state index is 12.0. The summed E-state index contributed by atoms with van der Waals surface area (Å²) in [5.41, 5.74) is 0.777. The van der Waals surface area contributed by atoms with Gasteiger partial charge in [-0.3, -0.25) is 0 Å². The summed E-state index contributed by atoms with van der Waals surface area (Å²) >= 11 is 0. The van der Waals surface area contributed by atoms with E-state index in [-0.39, 0.29) is 0 Å². The minimum absolute atomic E-state index is 0.474. The van der Waals surface area contributed by atoms with E-state index >= 15 is 0 Å². The van der Waals surface area contributed by atoms with Crippen molar-refractivity contribution in [2.45, 2.75) is 39.0 Å². The standard InChI is InChI=1S/C26H26O3/c1-2-3-4-5-9-18-28-24-15-13-22-14-16-25(20-23(22)19-24)29-26(27)17-12-21-10-7-6-8-11-21/h6-8,10-11,13-16,19-20H,2-5,9,18H2,1H3. The van der Waals surface area contributed by atoms with Crippen LogP contribution < -0.4 is 9.47 Å². The molecule has 0 aliphatic heterocycles. The van der Waals surface area contributed by atoms with Crippen LogP contribution in [0.25, 0.3) is 10.8 Å². The van der Waals surface area contributed by atoms with Crippen LogP contribution >= 0.6 is 0 Å². The van der Waals surface area contributed by atoms with Crippen LogP contribution in [0.5, 0.6) is 11.5 Å². The first kappa shape index (κ1) is 20.5. The summed E-state index contributed by atoms with van der Waals surface area (Å²) in [5.74, 6) is 6.06. The third-order valence-electron chi connectivity index (χ3n) is 4.59. The monoisotopic (exact) mass is 386 g/mol. The van der Waals surface area contributed by atoms with Crippen molar-refractivity contribution in [3.05, 3.63) is 72.3 Å². The Morgan fingerprint density at radius 3 is 2.34 bits per heavy atom. The Hall–Kier alpha value is -3.25. The van der Waals surface area contributed by atoms with E-state index in [2.05, 4.69) is 18.8 Å². The van der Waals surface area contributed by atoms with Gasteiger partial charge in [-0.15, -0.1) is 0 Å². The molecule has 3 rings (SSSR count). The highest BCUT2D eigenvalue weighted by Crippen LogP contribution is 2.25. The summed E-state index contributed by atoms with van der Waals surface area (Å²) in [6.07, 6.45) is 6.06. The Labute approximate surface area is 172 Å². The molecule has 148 valence electrons. The molecule has 0 amide bonds. The van der Waals surface area contributed by atoms with Gasteiger partial charge in [0.1, 0.15) is 11.5 Å². The third-order valence-corrected chi connectivity index (χ3v) is 4.59. The number of hydrogen-bond donors (Lipinski definition) is 0. The van der Waals surface area contributed by atoms with Gasteiger partial charge < -0.3 is 9.47 Å². The summed E-state index contributed by atoms with van der Waals surface area (Å²) in [5, 5.41) is 2.03. The molecule has 3 aromatic carbocycles. The highest BCUT2D eigenvalue weighted by atomic mass is 16.5. The largest absolute Gasteiger partial charge is 0.494 e. The van der Waals surface area contributed by atoms with Crippen molar-refractivity contribution in [3.63, 3.8) is 0 Å². The average Bonchev–Trinajstić information content (AvgIpc) is 2.75. The van der Waals surface area contributed by atoms with Crippen LogP contribution in [0.2, 0.25) is 0 Å². The molecule has 0 atom stereocenters. The van der Waals surface area contributed by atoms with Crippen molar-refractivity contribution < 1.29 is 14.3 Å². The summed E-state index contributed by atoms with van der Waals surface area (Å²) in [6, 6.07) is 20.9. The van der Waals surface area contributed by atoms with Crippen molar-refractivity contribution in [2.75, 3.05) is 6.61 Å². The smallest absolute Gasteiger partial charge is 0.390 e. The number of benzene rings is 3. The molecule has 3 aromatic rings. The number of esters is 1. The molecule has 0 saturated heterocycles. The second-order valence-corrected chi connectivity index (χ2v) is 6.94. The minimum atomic E-state index is -0.576. The first-order valence-electron chi connectivity index (χ1n) is 10.2. The first-order valence-corrected chi connectivity index (χ1v) is 10.2. The molecule has 0 N–H and O–H groups in total. The van der Waals surface area contributed by atoms with Crippen molar-refractivity contribution in [2.24, 2.45) is 0 Å². The molecule has 0 fully saturated rings. The SMILES string of the molecule is CCCCCCCOc1ccc2ccc(OC(=O)C#Cc3ccccc3)cc2c1. The third kappa shape index (κ3) is 6.69. The fourth-order valence-electron chi connectivity index (χ4n) is 3.03. The number of unbranched alkanes of at least 4 members (excludes halogenated alkanes) is 4. The maximum absolute atomic E-state index is 12.0. The summed E-state index contributed by atoms with van der Waals surface area (Å²) < 4.78 is 11.2. The van der Waals surface area contributed by atoms with E-state index < -0.39 is 5.97 Å². The maximum Gasteiger partial charge on any atom is 0.390 e. The fraction of sp³-hybridized carbons (Fsp3) is 0.269. The van der Waals surface area contributed by atoms with Crippen LogP contribution in [0.1, 0.15) is 44.6 Å². The van der Waals surface area contributed by atoms with Crippen LogP contribution in [0.15, 0.2) is 66.7 Å². The highest BCUT2D eigenvalue weighted by molar-refractivity contribution is 5.92. The van der Waals surface area contributed by atoms with E-state index in [4.69, 9.17) is 9.47 Å². The number of ether oxygens (including phenoxy) is 2. The van der Waals surface area contributed by atoms with Crippen molar-refractivity contribution in [3.8, 4) is 23.3 Å². The van der Waals surface area contributed by atoms with E-state index in [0.717, 1.165) is 35.1 Å². The van der Waals surface area contributed by atoms with Gasteiger partial charge in [0, 0.05) is 11.5 Å². The Balaban J connectivity index is 1.59. The molecule has 3 heteroatoms. The predicted octanol–water partition coefficient (Wildman–Crippen LogP) is 6.15. The van der Waals surface area contributed by atoms with Crippen LogP contribution in [0, 0.1) is 11.8 Å². The molecule has 0 bridgehead atoms. The van der Waals surface area contributed by atoms with Gasteiger partial charge in [-0.2, -0.15) is 0 Å². The van der Waals surface area contributed by atoms with Gasteiger partial charge in [-0.05, 0) is 53.6 Å². The lowest BCUT2D eigenvalue weighted by Gasteiger charge is -2.08. The quantitative estimate of drug-likeness (QED) is 0.202. The molecule has 0 heterocycles. The number of carbonyl (C=O) groups excluding carboxylic acids is 1.